The van der Waals surface area contributed by atoms with E-state index in [1.165, 1.54) is 11.6 Å². The minimum Gasteiger partial charge on any atom is -0.507 e. The Bertz CT molecular complexity index is 806. The van der Waals surface area contributed by atoms with Gasteiger partial charge < -0.3 is 5.11 Å². The van der Waals surface area contributed by atoms with Crippen molar-refractivity contribution >= 4 is 21.6 Å². The molecule has 1 aliphatic rings. The zero-order valence-corrected chi connectivity index (χ0v) is 16.2. The molecule has 0 bridgehead atoms. The van der Waals surface area contributed by atoms with E-state index in [9.17, 15) is 0 Å². The van der Waals surface area contributed by atoms with Crippen LogP contribution in [0.5, 0.6) is 5.75 Å². The molecule has 0 unspecified atom stereocenters. The van der Waals surface area contributed by atoms with Crippen LogP contribution in [0.4, 0.5) is 5.69 Å². The molecule has 0 fully saturated rings. The van der Waals surface area contributed by atoms with Gasteiger partial charge in [-0.05, 0) is 39.5 Å². The lowest BCUT2D eigenvalue weighted by molar-refractivity contribution is 0.174. The SMILES string of the molecule is CC(C)(C)CN1Cc2cccc(Br)c2N=N1.N#Cc1ccccc1O. The predicted octanol–water partition coefficient (Wildman–Crippen LogP) is 5.57. The molecule has 2 aromatic rings. The van der Waals surface area contributed by atoms with Crippen LogP contribution >= 0.6 is 15.9 Å². The number of hydrogen-bond donors (Lipinski definition) is 1. The third-order valence-electron chi connectivity index (χ3n) is 3.38. The minimum absolute atomic E-state index is 0.0417. The van der Waals surface area contributed by atoms with E-state index in [4.69, 9.17) is 10.4 Å². The van der Waals surface area contributed by atoms with Crippen LogP contribution in [0.2, 0.25) is 0 Å². The number of fused-ring (bicyclic) bond motifs is 1. The molecule has 0 amide bonds. The van der Waals surface area contributed by atoms with Gasteiger partial charge in [0.05, 0.1) is 12.1 Å². The van der Waals surface area contributed by atoms with Gasteiger partial charge in [-0.2, -0.15) is 5.26 Å². The van der Waals surface area contributed by atoms with Crippen LogP contribution in [0.15, 0.2) is 57.3 Å². The first-order valence-electron chi connectivity index (χ1n) is 7.92. The maximum atomic E-state index is 8.89. The second kappa shape index (κ2) is 8.13. The fraction of sp³-hybridized carbons (Fsp3) is 0.316. The van der Waals surface area contributed by atoms with Crippen molar-refractivity contribution in [2.75, 3.05) is 6.54 Å². The number of phenolic OH excluding ortho intramolecular Hbond substituents is 1. The molecule has 0 spiro atoms. The zero-order chi connectivity index (χ0) is 18.4. The zero-order valence-electron chi connectivity index (χ0n) is 14.6. The number of halogens is 1. The van der Waals surface area contributed by atoms with Crippen molar-refractivity contribution in [3.05, 3.63) is 58.1 Å². The normalized spacial score (nSPS) is 12.7. The topological polar surface area (TPSA) is 72.0 Å². The minimum atomic E-state index is 0.0417. The summed E-state index contributed by atoms with van der Waals surface area (Å²) in [7, 11) is 0. The average Bonchev–Trinajstić information content (AvgIpc) is 2.54. The highest BCUT2D eigenvalue weighted by Gasteiger charge is 2.20. The van der Waals surface area contributed by atoms with Gasteiger partial charge in [0, 0.05) is 16.6 Å². The molecule has 130 valence electrons. The molecular formula is C19H21BrN4O. The number of aromatic hydroxyl groups is 1. The molecule has 0 radical (unpaired) electrons. The molecule has 6 heteroatoms. The van der Waals surface area contributed by atoms with Crippen LogP contribution in [0, 0.1) is 16.7 Å². The molecule has 2 aromatic carbocycles. The molecule has 25 heavy (non-hydrogen) atoms. The maximum Gasteiger partial charge on any atom is 0.133 e. The van der Waals surface area contributed by atoms with Gasteiger partial charge in [-0.15, -0.1) is 5.11 Å². The Morgan fingerprint density at radius 3 is 2.52 bits per heavy atom. The largest absolute Gasteiger partial charge is 0.507 e. The summed E-state index contributed by atoms with van der Waals surface area (Å²) in [5.41, 5.74) is 2.75. The number of rotatable bonds is 1. The number of hydrogen-bond acceptors (Lipinski definition) is 5. The molecule has 1 aliphatic heterocycles. The smallest absolute Gasteiger partial charge is 0.133 e. The van der Waals surface area contributed by atoms with E-state index in [2.05, 4.69) is 53.1 Å². The Balaban J connectivity index is 0.000000212. The van der Waals surface area contributed by atoms with Gasteiger partial charge >= 0.3 is 0 Å². The first-order chi connectivity index (χ1) is 11.8. The summed E-state index contributed by atoms with van der Waals surface area (Å²) in [6.07, 6.45) is 0. The molecule has 1 N–H and O–H groups in total. The van der Waals surface area contributed by atoms with Gasteiger partial charge in [0.15, 0.2) is 0 Å². The number of para-hydroxylation sites is 1. The molecule has 0 aliphatic carbocycles. The van der Waals surface area contributed by atoms with Crippen molar-refractivity contribution in [1.82, 2.24) is 5.01 Å². The highest BCUT2D eigenvalue weighted by atomic mass is 79.9. The second-order valence-corrected chi connectivity index (χ2v) is 7.80. The fourth-order valence-electron chi connectivity index (χ4n) is 2.34. The van der Waals surface area contributed by atoms with E-state index in [0.717, 1.165) is 23.2 Å². The summed E-state index contributed by atoms with van der Waals surface area (Å²) in [5, 5.41) is 27.7. The average molecular weight is 401 g/mol. The predicted molar refractivity (Wildman–Crippen MR) is 101 cm³/mol. The van der Waals surface area contributed by atoms with E-state index in [1.807, 2.05) is 23.2 Å². The van der Waals surface area contributed by atoms with Crippen LogP contribution in [0.1, 0.15) is 31.9 Å². The summed E-state index contributed by atoms with van der Waals surface area (Å²) in [5.74, 6) is 0.0417. The van der Waals surface area contributed by atoms with Crippen LogP contribution < -0.4 is 0 Å². The molecule has 1 heterocycles. The van der Waals surface area contributed by atoms with Crippen molar-refractivity contribution < 1.29 is 5.11 Å². The van der Waals surface area contributed by atoms with Gasteiger partial charge in [0.2, 0.25) is 0 Å². The van der Waals surface area contributed by atoms with Crippen LogP contribution in [-0.2, 0) is 6.54 Å². The summed E-state index contributed by atoms with van der Waals surface area (Å²) < 4.78 is 1.02. The molecular weight excluding hydrogens is 380 g/mol. The number of nitriles is 1. The summed E-state index contributed by atoms with van der Waals surface area (Å²) in [6, 6.07) is 14.4. The summed E-state index contributed by atoms with van der Waals surface area (Å²) in [4.78, 5) is 0. The second-order valence-electron chi connectivity index (χ2n) is 6.95. The van der Waals surface area contributed by atoms with Crippen molar-refractivity contribution in [2.45, 2.75) is 27.3 Å². The van der Waals surface area contributed by atoms with Gasteiger partial charge in [0.1, 0.15) is 17.5 Å². The van der Waals surface area contributed by atoms with Gasteiger partial charge in [-0.25, -0.2) is 0 Å². The maximum absolute atomic E-state index is 8.89. The Hall–Kier alpha value is -2.39. The lowest BCUT2D eigenvalue weighted by Gasteiger charge is -2.29. The van der Waals surface area contributed by atoms with Gasteiger partial charge in [0.25, 0.3) is 0 Å². The quantitative estimate of drug-likeness (QED) is 0.679. The first kappa shape index (κ1) is 18.9. The third kappa shape index (κ3) is 5.57. The van der Waals surface area contributed by atoms with Gasteiger partial charge in [-0.3, -0.25) is 5.01 Å². The van der Waals surface area contributed by atoms with Crippen LogP contribution in [-0.4, -0.2) is 16.7 Å². The molecule has 5 nitrogen and oxygen atoms in total. The van der Waals surface area contributed by atoms with E-state index in [-0.39, 0.29) is 11.2 Å². The Morgan fingerprint density at radius 1 is 1.20 bits per heavy atom. The number of benzene rings is 2. The molecule has 0 saturated carbocycles. The summed E-state index contributed by atoms with van der Waals surface area (Å²) >= 11 is 3.49. The lowest BCUT2D eigenvalue weighted by atomic mass is 9.96. The van der Waals surface area contributed by atoms with E-state index in [1.54, 1.807) is 18.2 Å². The highest BCUT2D eigenvalue weighted by Crippen LogP contribution is 2.34. The lowest BCUT2D eigenvalue weighted by Crippen LogP contribution is -2.29. The van der Waals surface area contributed by atoms with E-state index >= 15 is 0 Å². The standard InChI is InChI=1S/C12H16BrN3.C7H5NO/c1-12(2,3)8-16-7-9-5-4-6-10(13)11(9)14-15-16;8-5-6-3-1-2-4-7(6)9/h4-6H,7-8H2,1-3H3;1-4,9H. The van der Waals surface area contributed by atoms with Crippen molar-refractivity contribution in [2.24, 2.45) is 15.8 Å². The van der Waals surface area contributed by atoms with Crippen molar-refractivity contribution in [3.63, 3.8) is 0 Å². The first-order valence-corrected chi connectivity index (χ1v) is 8.71. The van der Waals surface area contributed by atoms with Crippen LogP contribution in [0.25, 0.3) is 0 Å². The van der Waals surface area contributed by atoms with Crippen molar-refractivity contribution in [3.8, 4) is 11.8 Å². The Kier molecular flexibility index (Phi) is 6.16. The fourth-order valence-corrected chi connectivity index (χ4v) is 2.83. The van der Waals surface area contributed by atoms with Crippen molar-refractivity contribution in [1.29, 1.82) is 5.26 Å². The third-order valence-corrected chi connectivity index (χ3v) is 4.02. The molecule has 0 saturated heterocycles. The summed E-state index contributed by atoms with van der Waals surface area (Å²) in [6.45, 7) is 8.38. The van der Waals surface area contributed by atoms with E-state index < -0.39 is 0 Å². The molecule has 3 rings (SSSR count). The Labute approximate surface area is 156 Å². The number of phenols is 1. The highest BCUT2D eigenvalue weighted by molar-refractivity contribution is 9.10. The van der Waals surface area contributed by atoms with Gasteiger partial charge in [-0.1, -0.05) is 50.3 Å². The number of nitrogens with zero attached hydrogens (tertiary/aromatic N) is 4. The van der Waals surface area contributed by atoms with E-state index in [0.29, 0.717) is 5.56 Å². The monoisotopic (exact) mass is 400 g/mol. The molecule has 0 aromatic heterocycles. The van der Waals surface area contributed by atoms with Crippen LogP contribution in [0.3, 0.4) is 0 Å². The molecule has 0 atom stereocenters. The Morgan fingerprint density at radius 2 is 1.92 bits per heavy atom.